The van der Waals surface area contributed by atoms with E-state index < -0.39 is 0 Å². The van der Waals surface area contributed by atoms with Crippen LogP contribution >= 0.6 is 15.9 Å². The van der Waals surface area contributed by atoms with Crippen molar-refractivity contribution in [2.24, 2.45) is 0 Å². The van der Waals surface area contributed by atoms with E-state index in [0.717, 1.165) is 23.7 Å². The summed E-state index contributed by atoms with van der Waals surface area (Å²) < 4.78 is 0. The lowest BCUT2D eigenvalue weighted by atomic mass is 10.1. The van der Waals surface area contributed by atoms with Crippen molar-refractivity contribution in [3.63, 3.8) is 0 Å². The van der Waals surface area contributed by atoms with Crippen LogP contribution in [0.15, 0.2) is 24.3 Å². The zero-order valence-electron chi connectivity index (χ0n) is 11.0. The Balaban J connectivity index is 2.24. The van der Waals surface area contributed by atoms with Crippen molar-refractivity contribution in [1.29, 1.82) is 0 Å². The first kappa shape index (κ1) is 15.2. The molecule has 2 nitrogen and oxygen atoms in total. The van der Waals surface area contributed by atoms with Crippen LogP contribution < -0.4 is 5.32 Å². The summed E-state index contributed by atoms with van der Waals surface area (Å²) in [4.78, 5) is 11.6. The highest BCUT2D eigenvalue weighted by atomic mass is 79.9. The Bertz CT molecular complexity index is 365. The molecule has 0 spiro atoms. The van der Waals surface area contributed by atoms with Gasteiger partial charge in [0.25, 0.3) is 0 Å². The Morgan fingerprint density at radius 2 is 2.00 bits per heavy atom. The fourth-order valence-electron chi connectivity index (χ4n) is 1.82. The molecule has 1 N–H and O–H groups in total. The van der Waals surface area contributed by atoms with Crippen LogP contribution in [0, 0.1) is 0 Å². The predicted molar refractivity (Wildman–Crippen MR) is 79.7 cm³/mol. The smallest absolute Gasteiger partial charge is 0.220 e. The van der Waals surface area contributed by atoms with Gasteiger partial charge in [-0.2, -0.15) is 0 Å². The molecule has 1 amide bonds. The van der Waals surface area contributed by atoms with Gasteiger partial charge in [0.2, 0.25) is 5.91 Å². The average molecular weight is 312 g/mol. The van der Waals surface area contributed by atoms with Gasteiger partial charge in [0.05, 0.1) is 0 Å². The maximum atomic E-state index is 11.6. The third-order valence-corrected chi connectivity index (χ3v) is 3.54. The summed E-state index contributed by atoms with van der Waals surface area (Å²) in [5, 5.41) is 3.83. The van der Waals surface area contributed by atoms with Crippen LogP contribution in [0.3, 0.4) is 0 Å². The Morgan fingerprint density at radius 1 is 1.22 bits per heavy atom. The molecule has 0 atom stereocenters. The van der Waals surface area contributed by atoms with Crippen molar-refractivity contribution in [2.75, 3.05) is 0 Å². The Kier molecular flexibility index (Phi) is 7.74. The third-order valence-electron chi connectivity index (χ3n) is 2.89. The van der Waals surface area contributed by atoms with E-state index in [0.29, 0.717) is 13.0 Å². The molecule has 0 aromatic heterocycles. The minimum atomic E-state index is 0.162. The summed E-state index contributed by atoms with van der Waals surface area (Å²) in [6, 6.07) is 8.26. The fraction of sp³-hybridized carbons (Fsp3) is 0.533. The largest absolute Gasteiger partial charge is 0.352 e. The quantitative estimate of drug-likeness (QED) is 0.566. The molecule has 1 aromatic rings. The number of hydrogen-bond acceptors (Lipinski definition) is 1. The number of carbonyl (C=O) groups excluding carboxylic acids is 1. The lowest BCUT2D eigenvalue weighted by Crippen LogP contribution is -2.22. The second-order valence-corrected chi connectivity index (χ2v) is 5.10. The van der Waals surface area contributed by atoms with Gasteiger partial charge in [0, 0.05) is 18.3 Å². The van der Waals surface area contributed by atoms with Crippen LogP contribution in [0.25, 0.3) is 0 Å². The molecule has 3 heteroatoms. The summed E-state index contributed by atoms with van der Waals surface area (Å²) in [6.07, 6.45) is 5.24. The number of hydrogen-bond donors (Lipinski definition) is 1. The van der Waals surface area contributed by atoms with E-state index >= 15 is 0 Å². The van der Waals surface area contributed by atoms with Gasteiger partial charge >= 0.3 is 0 Å². The number of unbranched alkanes of at least 4 members (excludes halogenated alkanes) is 3. The van der Waals surface area contributed by atoms with Gasteiger partial charge in [0.1, 0.15) is 0 Å². The Hall–Kier alpha value is -0.830. The van der Waals surface area contributed by atoms with Crippen molar-refractivity contribution < 1.29 is 4.79 Å². The van der Waals surface area contributed by atoms with Crippen LogP contribution in [0.4, 0.5) is 0 Å². The standard InChI is InChI=1S/C15H22BrNO/c1-2-3-4-5-9-15(18)17-12-14-8-6-7-13(10-14)11-16/h6-8,10H,2-5,9,11-12H2,1H3,(H,17,18). The average Bonchev–Trinajstić information content (AvgIpc) is 2.41. The first-order valence-corrected chi connectivity index (χ1v) is 7.79. The molecule has 0 fully saturated rings. The SMILES string of the molecule is CCCCCCC(=O)NCc1cccc(CBr)c1. The molecule has 0 aliphatic carbocycles. The number of alkyl halides is 1. The molecule has 0 aliphatic rings. The highest BCUT2D eigenvalue weighted by molar-refractivity contribution is 9.08. The number of benzene rings is 1. The van der Waals surface area contributed by atoms with Crippen LogP contribution in [0.1, 0.15) is 50.2 Å². The van der Waals surface area contributed by atoms with Crippen LogP contribution in [-0.4, -0.2) is 5.91 Å². The lowest BCUT2D eigenvalue weighted by Gasteiger charge is -2.06. The molecule has 0 heterocycles. The van der Waals surface area contributed by atoms with Crippen LogP contribution in [0.2, 0.25) is 0 Å². The minimum Gasteiger partial charge on any atom is -0.352 e. The van der Waals surface area contributed by atoms with E-state index in [2.05, 4.69) is 40.3 Å². The van der Waals surface area contributed by atoms with Crippen molar-refractivity contribution in [3.05, 3.63) is 35.4 Å². The van der Waals surface area contributed by atoms with Crippen LogP contribution in [-0.2, 0) is 16.7 Å². The van der Waals surface area contributed by atoms with Gasteiger partial charge in [-0.05, 0) is 17.5 Å². The summed E-state index contributed by atoms with van der Waals surface area (Å²) >= 11 is 3.43. The van der Waals surface area contributed by atoms with E-state index in [1.54, 1.807) is 0 Å². The molecule has 0 saturated heterocycles. The van der Waals surface area contributed by atoms with Gasteiger partial charge in [-0.3, -0.25) is 4.79 Å². The molecule has 0 radical (unpaired) electrons. The summed E-state index contributed by atoms with van der Waals surface area (Å²) in [7, 11) is 0. The number of rotatable bonds is 8. The second kappa shape index (κ2) is 9.15. The number of carbonyl (C=O) groups is 1. The van der Waals surface area contributed by atoms with Gasteiger partial charge < -0.3 is 5.32 Å². The summed E-state index contributed by atoms with van der Waals surface area (Å²) in [5.41, 5.74) is 2.40. The van der Waals surface area contributed by atoms with E-state index in [1.807, 2.05) is 12.1 Å². The van der Waals surface area contributed by atoms with Gasteiger partial charge in [-0.1, -0.05) is 66.4 Å². The highest BCUT2D eigenvalue weighted by Gasteiger charge is 2.01. The molecule has 1 rings (SSSR count). The van der Waals surface area contributed by atoms with E-state index in [1.165, 1.54) is 18.4 Å². The Labute approximate surface area is 118 Å². The number of halogens is 1. The monoisotopic (exact) mass is 311 g/mol. The van der Waals surface area contributed by atoms with Crippen molar-refractivity contribution in [3.8, 4) is 0 Å². The zero-order valence-corrected chi connectivity index (χ0v) is 12.6. The molecular formula is C15H22BrNO. The molecule has 0 bridgehead atoms. The molecular weight excluding hydrogens is 290 g/mol. The molecule has 0 unspecified atom stereocenters. The first-order valence-electron chi connectivity index (χ1n) is 6.66. The van der Waals surface area contributed by atoms with E-state index in [4.69, 9.17) is 0 Å². The summed E-state index contributed by atoms with van der Waals surface area (Å²) in [6.45, 7) is 2.81. The first-order chi connectivity index (χ1) is 8.76. The lowest BCUT2D eigenvalue weighted by molar-refractivity contribution is -0.121. The summed E-state index contributed by atoms with van der Waals surface area (Å²) in [5.74, 6) is 0.162. The van der Waals surface area contributed by atoms with E-state index in [9.17, 15) is 4.79 Å². The predicted octanol–water partition coefficient (Wildman–Crippen LogP) is 4.17. The molecule has 1 aromatic carbocycles. The van der Waals surface area contributed by atoms with Crippen molar-refractivity contribution >= 4 is 21.8 Å². The number of amides is 1. The maximum absolute atomic E-state index is 11.6. The van der Waals surface area contributed by atoms with Gasteiger partial charge in [0.15, 0.2) is 0 Å². The second-order valence-electron chi connectivity index (χ2n) is 4.54. The molecule has 0 saturated carbocycles. The Morgan fingerprint density at radius 3 is 2.72 bits per heavy atom. The zero-order chi connectivity index (χ0) is 13.2. The highest BCUT2D eigenvalue weighted by Crippen LogP contribution is 2.09. The van der Waals surface area contributed by atoms with Crippen molar-refractivity contribution in [2.45, 2.75) is 50.9 Å². The normalized spacial score (nSPS) is 10.3. The number of nitrogens with one attached hydrogen (secondary N) is 1. The van der Waals surface area contributed by atoms with Gasteiger partial charge in [-0.15, -0.1) is 0 Å². The maximum Gasteiger partial charge on any atom is 0.220 e. The molecule has 0 aliphatic heterocycles. The fourth-order valence-corrected chi connectivity index (χ4v) is 2.17. The molecule has 18 heavy (non-hydrogen) atoms. The third kappa shape index (κ3) is 6.20. The topological polar surface area (TPSA) is 29.1 Å². The molecule has 100 valence electrons. The van der Waals surface area contributed by atoms with Gasteiger partial charge in [-0.25, -0.2) is 0 Å². The van der Waals surface area contributed by atoms with Crippen molar-refractivity contribution in [1.82, 2.24) is 5.32 Å². The van der Waals surface area contributed by atoms with Crippen LogP contribution in [0.5, 0.6) is 0 Å². The van der Waals surface area contributed by atoms with E-state index in [-0.39, 0.29) is 5.91 Å². The minimum absolute atomic E-state index is 0.162.